The van der Waals surface area contributed by atoms with E-state index in [4.69, 9.17) is 0 Å². The number of nitrogens with one attached hydrogen (secondary N) is 1. The fourth-order valence-corrected chi connectivity index (χ4v) is 5.15. The molecule has 1 saturated heterocycles. The molecule has 7 nitrogen and oxygen atoms in total. The molecule has 0 radical (unpaired) electrons. The Labute approximate surface area is 212 Å². The van der Waals surface area contributed by atoms with Gasteiger partial charge in [0.25, 0.3) is 11.8 Å². The van der Waals surface area contributed by atoms with Crippen LogP contribution in [0.1, 0.15) is 84.2 Å². The molecule has 36 heavy (non-hydrogen) atoms. The van der Waals surface area contributed by atoms with Crippen LogP contribution < -0.4 is 10.7 Å². The van der Waals surface area contributed by atoms with E-state index < -0.39 is 11.3 Å². The zero-order chi connectivity index (χ0) is 25.5. The summed E-state index contributed by atoms with van der Waals surface area (Å²) >= 11 is 0. The van der Waals surface area contributed by atoms with Crippen molar-refractivity contribution in [3.63, 3.8) is 0 Å². The number of rotatable bonds is 8. The van der Waals surface area contributed by atoms with Crippen molar-refractivity contribution < 1.29 is 14.0 Å². The van der Waals surface area contributed by atoms with E-state index in [1.54, 1.807) is 23.4 Å². The maximum Gasteiger partial charge on any atom is 0.259 e. The largest absolute Gasteiger partial charge is 0.352 e. The summed E-state index contributed by atoms with van der Waals surface area (Å²) in [6.07, 6.45) is 10.4. The van der Waals surface area contributed by atoms with Crippen LogP contribution in [-0.2, 0) is 6.54 Å². The lowest BCUT2D eigenvalue weighted by molar-refractivity contribution is 0.0626. The van der Waals surface area contributed by atoms with Crippen molar-refractivity contribution >= 4 is 11.8 Å². The third kappa shape index (κ3) is 6.40. The first-order valence-electron chi connectivity index (χ1n) is 13.3. The third-order valence-electron chi connectivity index (χ3n) is 7.29. The molecule has 2 aliphatic rings. The van der Waals surface area contributed by atoms with Crippen LogP contribution in [-0.4, -0.2) is 58.9 Å². The molecule has 0 atom stereocenters. The summed E-state index contributed by atoms with van der Waals surface area (Å²) in [6.45, 7) is 5.38. The molecule has 1 aromatic carbocycles. The van der Waals surface area contributed by atoms with Crippen LogP contribution >= 0.6 is 0 Å². The van der Waals surface area contributed by atoms with Gasteiger partial charge >= 0.3 is 0 Å². The fraction of sp³-hybridized carbons (Fsp3) is 0.536. The Morgan fingerprint density at radius 1 is 1.03 bits per heavy atom. The van der Waals surface area contributed by atoms with Gasteiger partial charge in [-0.1, -0.05) is 44.7 Å². The summed E-state index contributed by atoms with van der Waals surface area (Å²) in [6, 6.07) is 6.75. The molecule has 0 unspecified atom stereocenters. The van der Waals surface area contributed by atoms with Crippen molar-refractivity contribution in [2.24, 2.45) is 0 Å². The number of pyridine rings is 1. The van der Waals surface area contributed by atoms with Gasteiger partial charge < -0.3 is 14.8 Å². The molecule has 2 heterocycles. The molecule has 1 aliphatic carbocycles. The minimum absolute atomic E-state index is 0.0484. The number of nitrogens with zero attached hydrogens (tertiary/aromatic N) is 3. The summed E-state index contributed by atoms with van der Waals surface area (Å²) < 4.78 is 15.5. The topological polar surface area (TPSA) is 74.7 Å². The molecule has 0 spiro atoms. The van der Waals surface area contributed by atoms with Gasteiger partial charge in [0.2, 0.25) is 5.43 Å². The molecule has 4 rings (SSSR count). The second-order valence-corrected chi connectivity index (χ2v) is 9.96. The van der Waals surface area contributed by atoms with Crippen molar-refractivity contribution in [1.82, 2.24) is 19.7 Å². The van der Waals surface area contributed by atoms with E-state index in [-0.39, 0.29) is 28.9 Å². The lowest BCUT2D eigenvalue weighted by Gasteiger charge is -2.35. The van der Waals surface area contributed by atoms with Gasteiger partial charge in [-0.15, -0.1) is 0 Å². The van der Waals surface area contributed by atoms with Crippen molar-refractivity contribution in [3.8, 4) is 0 Å². The standard InChI is InChI=1S/C28H37FN4O3/c1-2-3-12-30-27(35)24-19-33(23-10-5-4-6-11-23)20-25(26(24)34)28(36)32-15-13-31(14-16-32)18-21-8-7-9-22(29)17-21/h7-9,17,19-20,23H,2-6,10-16,18H2,1H3,(H,30,35). The van der Waals surface area contributed by atoms with Gasteiger partial charge in [0.1, 0.15) is 16.9 Å². The first kappa shape index (κ1) is 26.1. The average Bonchev–Trinajstić information content (AvgIpc) is 2.89. The van der Waals surface area contributed by atoms with Crippen LogP contribution in [0.4, 0.5) is 4.39 Å². The minimum atomic E-state index is -0.497. The van der Waals surface area contributed by atoms with Crippen molar-refractivity contribution in [2.45, 2.75) is 64.5 Å². The number of halogens is 1. The summed E-state index contributed by atoms with van der Waals surface area (Å²) in [5, 5.41) is 2.84. The number of carbonyl (C=O) groups is 2. The molecule has 2 amide bonds. The monoisotopic (exact) mass is 496 g/mol. The van der Waals surface area contributed by atoms with Crippen molar-refractivity contribution in [3.05, 3.63) is 69.4 Å². The van der Waals surface area contributed by atoms with Crippen LogP contribution in [0.5, 0.6) is 0 Å². The quantitative estimate of drug-likeness (QED) is 0.561. The Hall–Kier alpha value is -3.00. The molecular formula is C28H37FN4O3. The van der Waals surface area contributed by atoms with E-state index in [0.29, 0.717) is 39.3 Å². The maximum atomic E-state index is 13.5. The van der Waals surface area contributed by atoms with Crippen LogP contribution in [0.2, 0.25) is 0 Å². The van der Waals surface area contributed by atoms with Crippen LogP contribution in [0.15, 0.2) is 41.5 Å². The third-order valence-corrected chi connectivity index (χ3v) is 7.29. The van der Waals surface area contributed by atoms with Gasteiger partial charge in [0, 0.05) is 57.7 Å². The fourth-order valence-electron chi connectivity index (χ4n) is 5.15. The molecule has 2 fully saturated rings. The molecule has 194 valence electrons. The number of unbranched alkanes of at least 4 members (excludes halogenated alkanes) is 1. The highest BCUT2D eigenvalue weighted by molar-refractivity contribution is 5.99. The summed E-state index contributed by atoms with van der Waals surface area (Å²) in [4.78, 5) is 43.6. The van der Waals surface area contributed by atoms with Gasteiger partial charge in [-0.25, -0.2) is 4.39 Å². The van der Waals surface area contributed by atoms with Crippen LogP contribution in [0.25, 0.3) is 0 Å². The molecule has 1 aromatic heterocycles. The molecule has 1 saturated carbocycles. The Kier molecular flexibility index (Phi) is 8.91. The van der Waals surface area contributed by atoms with Crippen LogP contribution in [0.3, 0.4) is 0 Å². The second-order valence-electron chi connectivity index (χ2n) is 9.96. The average molecular weight is 497 g/mol. The van der Waals surface area contributed by atoms with E-state index in [1.165, 1.54) is 18.6 Å². The SMILES string of the molecule is CCCCNC(=O)c1cn(C2CCCCC2)cc(C(=O)N2CCN(Cc3cccc(F)c3)CC2)c1=O. The predicted octanol–water partition coefficient (Wildman–Crippen LogP) is 3.98. The lowest BCUT2D eigenvalue weighted by Crippen LogP contribution is -2.49. The zero-order valence-corrected chi connectivity index (χ0v) is 21.2. The predicted molar refractivity (Wildman–Crippen MR) is 138 cm³/mol. The number of amides is 2. The molecule has 1 N–H and O–H groups in total. The lowest BCUT2D eigenvalue weighted by atomic mass is 9.95. The molecule has 0 bridgehead atoms. The highest BCUT2D eigenvalue weighted by Gasteiger charge is 2.28. The number of carbonyl (C=O) groups excluding carboxylic acids is 2. The molecule has 8 heteroatoms. The highest BCUT2D eigenvalue weighted by Crippen LogP contribution is 2.28. The Balaban J connectivity index is 1.51. The van der Waals surface area contributed by atoms with E-state index >= 15 is 0 Å². The Morgan fingerprint density at radius 2 is 1.75 bits per heavy atom. The maximum absolute atomic E-state index is 13.5. The zero-order valence-electron chi connectivity index (χ0n) is 21.2. The molecule has 1 aliphatic heterocycles. The number of aromatic nitrogens is 1. The first-order valence-corrected chi connectivity index (χ1v) is 13.3. The normalized spacial score (nSPS) is 17.2. The minimum Gasteiger partial charge on any atom is -0.352 e. The van der Waals surface area contributed by atoms with Crippen molar-refractivity contribution in [2.75, 3.05) is 32.7 Å². The Bertz CT molecular complexity index is 1120. The highest BCUT2D eigenvalue weighted by atomic mass is 19.1. The van der Waals surface area contributed by atoms with Gasteiger partial charge in [0.15, 0.2) is 0 Å². The number of hydrogen-bond acceptors (Lipinski definition) is 4. The molecule has 2 aromatic rings. The van der Waals surface area contributed by atoms with Crippen molar-refractivity contribution in [1.29, 1.82) is 0 Å². The van der Waals surface area contributed by atoms with Gasteiger partial charge in [-0.2, -0.15) is 0 Å². The number of piperazine rings is 1. The molecular weight excluding hydrogens is 459 g/mol. The summed E-state index contributed by atoms with van der Waals surface area (Å²) in [7, 11) is 0. The number of hydrogen-bond donors (Lipinski definition) is 1. The van der Waals surface area contributed by atoms with Gasteiger partial charge in [-0.05, 0) is 37.0 Å². The smallest absolute Gasteiger partial charge is 0.259 e. The van der Waals surface area contributed by atoms with Crippen LogP contribution in [0, 0.1) is 5.82 Å². The van der Waals surface area contributed by atoms with E-state index in [2.05, 4.69) is 10.2 Å². The first-order chi connectivity index (χ1) is 17.5. The van der Waals surface area contributed by atoms with Gasteiger partial charge in [0.05, 0.1) is 0 Å². The van der Waals surface area contributed by atoms with E-state index in [0.717, 1.165) is 44.1 Å². The van der Waals surface area contributed by atoms with E-state index in [9.17, 15) is 18.8 Å². The number of benzene rings is 1. The summed E-state index contributed by atoms with van der Waals surface area (Å²) in [5.74, 6) is -0.986. The summed E-state index contributed by atoms with van der Waals surface area (Å²) in [5.41, 5.74) is 0.518. The Morgan fingerprint density at radius 3 is 2.44 bits per heavy atom. The second kappa shape index (κ2) is 12.3. The van der Waals surface area contributed by atoms with E-state index in [1.807, 2.05) is 17.6 Å². The van der Waals surface area contributed by atoms with Gasteiger partial charge in [-0.3, -0.25) is 19.3 Å².